The second-order valence-corrected chi connectivity index (χ2v) is 5.53. The average Bonchev–Trinajstić information content (AvgIpc) is 2.08. The minimum Gasteiger partial charge on any atom is 3.00 e. The molecule has 0 spiro atoms. The zero-order chi connectivity index (χ0) is 21.5. The Bertz CT molecular complexity index is 477. The van der Waals surface area contributed by atoms with E-state index in [1.54, 1.807) is 0 Å². The van der Waals surface area contributed by atoms with Crippen molar-refractivity contribution in [2.24, 2.45) is 0 Å². The Balaban J connectivity index is -0.0000000245. The van der Waals surface area contributed by atoms with Gasteiger partial charge in [-0.3, -0.25) is 0 Å². The van der Waals surface area contributed by atoms with Crippen molar-refractivity contribution in [1.82, 2.24) is 0 Å². The molecule has 0 aromatic heterocycles. The summed E-state index contributed by atoms with van der Waals surface area (Å²) >= 11 is -23.6. The van der Waals surface area contributed by atoms with Crippen LogP contribution in [0.5, 0.6) is 0 Å². The first-order valence-corrected chi connectivity index (χ1v) is 13.5. The summed E-state index contributed by atoms with van der Waals surface area (Å²) in [5.41, 5.74) is 0. The smallest absolute Gasteiger partial charge is 3.00 e. The van der Waals surface area contributed by atoms with Gasteiger partial charge in [-0.2, -0.15) is 0 Å². The molecule has 0 fully saturated rings. The molecule has 26 heteroatoms. The maximum atomic E-state index is 8.56. The van der Waals surface area contributed by atoms with Crippen LogP contribution < -0.4 is 24.2 Å². The van der Waals surface area contributed by atoms with Crippen molar-refractivity contribution in [3.8, 4) is 0 Å². The van der Waals surface area contributed by atoms with E-state index in [4.69, 9.17) is 68.3 Å². The molecule has 18 nitrogen and oxygen atoms in total. The molecule has 0 aliphatic heterocycles. The molecule has 0 heterocycles. The Kier molecular flexibility index (Phi) is 93.1. The molecule has 0 aliphatic carbocycles. The van der Waals surface area contributed by atoms with Crippen LogP contribution in [0.3, 0.4) is 0 Å². The number of hydrogen-bond donors (Lipinski definition) is 0. The Hall–Kier alpha value is 3.55. The molecule has 26 heavy (non-hydrogen) atoms. The van der Waals surface area contributed by atoms with Crippen LogP contribution in [0.15, 0.2) is 0 Å². The molecule has 0 radical (unpaired) electrons. The molecular weight excluding hydrogens is 835 g/mol. The standard InChI is InChI=1S/Eu.18O.6V.Y/q+3;;;;;;;;;;;;;6*-1;;;;;;;+3. The van der Waals surface area contributed by atoms with Crippen molar-refractivity contribution in [3.63, 3.8) is 0 Å². The molecule has 0 saturated carbocycles. The molecule has 148 valence electrons. The van der Waals surface area contributed by atoms with Gasteiger partial charge in [-0.1, -0.05) is 0 Å². The van der Waals surface area contributed by atoms with Crippen LogP contribution in [-0.4, -0.2) is 0 Å². The summed E-state index contributed by atoms with van der Waals surface area (Å²) in [7, 11) is 0. The van der Waals surface area contributed by atoms with E-state index in [9.17, 15) is 0 Å². The second kappa shape index (κ2) is 46.7. The summed E-state index contributed by atoms with van der Waals surface area (Å²) in [6.45, 7) is 0. The minimum atomic E-state index is -3.94. The van der Waals surface area contributed by atoms with Crippen LogP contribution in [0.4, 0.5) is 0 Å². The van der Waals surface area contributed by atoms with E-state index in [0.717, 1.165) is 0 Å². The van der Waals surface area contributed by atoms with E-state index < -0.39 is 92.4 Å². The summed E-state index contributed by atoms with van der Waals surface area (Å²) < 4.78 is 154. The Morgan fingerprint density at radius 2 is 0.308 bits per heavy atom. The molecular formula is EuO18V6Y. The average molecular weight is 835 g/mol. The number of rotatable bonds is 0. The van der Waals surface area contributed by atoms with E-state index in [2.05, 4.69) is 0 Å². The predicted octanol–water partition coefficient (Wildman–Crippen LogP) is -8.58. The molecule has 0 aromatic rings. The zero-order valence-electron chi connectivity index (χ0n) is 11.0. The first-order valence-electron chi connectivity index (χ1n) is 3.29. The third-order valence-electron chi connectivity index (χ3n) is 0. The largest absolute Gasteiger partial charge is 3.00 e. The molecule has 0 aromatic carbocycles. The van der Waals surface area contributed by atoms with Gasteiger partial charge in [0.1, 0.15) is 0 Å². The van der Waals surface area contributed by atoms with Crippen molar-refractivity contribution in [2.75, 3.05) is 0 Å². The number of hydrogen-bond acceptors (Lipinski definition) is 18. The van der Waals surface area contributed by atoms with Gasteiger partial charge in [0.25, 0.3) is 0 Å². The minimum absolute atomic E-state index is 0. The molecule has 0 saturated heterocycles. The van der Waals surface area contributed by atoms with E-state index in [1.165, 1.54) is 0 Å². The van der Waals surface area contributed by atoms with Crippen molar-refractivity contribution in [3.05, 3.63) is 0 Å². The summed E-state index contributed by atoms with van der Waals surface area (Å²) in [4.78, 5) is 0. The van der Waals surface area contributed by atoms with Crippen molar-refractivity contribution in [1.29, 1.82) is 0 Å². The van der Waals surface area contributed by atoms with Crippen molar-refractivity contribution in [2.45, 2.75) is 0 Å². The Labute approximate surface area is 237 Å². The van der Waals surface area contributed by atoms with Crippen LogP contribution in [0.2, 0.25) is 0 Å². The van der Waals surface area contributed by atoms with E-state index in [-0.39, 0.29) is 82.1 Å². The molecule has 0 atom stereocenters. The monoisotopic (exact) mass is 835 g/mol. The fourth-order valence-corrected chi connectivity index (χ4v) is 0. The van der Waals surface area contributed by atoms with Gasteiger partial charge in [-0.05, 0) is 0 Å². The van der Waals surface area contributed by atoms with Crippen LogP contribution in [0, 0.1) is 49.4 Å². The van der Waals surface area contributed by atoms with Gasteiger partial charge < -0.3 is 0 Å². The summed E-state index contributed by atoms with van der Waals surface area (Å²) in [5, 5.41) is 0. The van der Waals surface area contributed by atoms with Crippen LogP contribution in [-0.2, 0) is 169 Å². The van der Waals surface area contributed by atoms with Crippen LogP contribution in [0.25, 0.3) is 0 Å². The second-order valence-electron chi connectivity index (χ2n) is 1.34. The summed E-state index contributed by atoms with van der Waals surface area (Å²) in [5.74, 6) is 0. The zero-order valence-corrected chi connectivity index (χ0v) is 24.6. The molecule has 0 amide bonds. The van der Waals surface area contributed by atoms with Gasteiger partial charge in [0.05, 0.1) is 0 Å². The van der Waals surface area contributed by atoms with Gasteiger partial charge in [0.2, 0.25) is 0 Å². The van der Waals surface area contributed by atoms with Crippen molar-refractivity contribution >= 4 is 0 Å². The van der Waals surface area contributed by atoms with Gasteiger partial charge in [0.15, 0.2) is 0 Å². The molecule has 0 aliphatic rings. The first kappa shape index (κ1) is 51.9. The van der Waals surface area contributed by atoms with Gasteiger partial charge in [-0.15, -0.1) is 0 Å². The summed E-state index contributed by atoms with van der Waals surface area (Å²) in [6, 6.07) is 0. The molecule has 0 unspecified atom stereocenters. The normalized spacial score (nSPS) is 5.77. The maximum Gasteiger partial charge on any atom is 3.00 e. The Morgan fingerprint density at radius 3 is 0.308 bits per heavy atom. The maximum absolute atomic E-state index is 8.56. The summed E-state index contributed by atoms with van der Waals surface area (Å²) in [6.07, 6.45) is 0. The van der Waals surface area contributed by atoms with E-state index in [1.807, 2.05) is 0 Å². The molecule has 0 bridgehead atoms. The molecule has 0 N–H and O–H groups in total. The van der Waals surface area contributed by atoms with Gasteiger partial charge >= 0.3 is 243 Å². The third kappa shape index (κ3) is 1540. The van der Waals surface area contributed by atoms with Gasteiger partial charge in [0, 0.05) is 0 Å². The Morgan fingerprint density at radius 1 is 0.308 bits per heavy atom. The fourth-order valence-electron chi connectivity index (χ4n) is 0. The first-order chi connectivity index (χ1) is 10.4. The predicted molar refractivity (Wildman–Crippen MR) is 8.24 cm³/mol. The SMILES string of the molecule is [Eu+3].[O]=[V](=[O])[O-].[O]=[V](=[O])[O-].[O]=[V](=[O])[O-].[O]=[V](=[O])[O-].[O]=[V](=[O])[O-].[O]=[V](=[O])[O-].[Y+3]. The van der Waals surface area contributed by atoms with Crippen molar-refractivity contribution < 1.29 is 243 Å². The van der Waals surface area contributed by atoms with Crippen LogP contribution >= 0.6 is 0 Å². The van der Waals surface area contributed by atoms with Gasteiger partial charge in [-0.25, -0.2) is 0 Å². The quantitative estimate of drug-likeness (QED) is 0.219. The fraction of sp³-hybridized carbons (Fsp3) is 0. The molecule has 0 rings (SSSR count). The third-order valence-corrected chi connectivity index (χ3v) is 0. The van der Waals surface area contributed by atoms with E-state index in [0.29, 0.717) is 0 Å². The van der Waals surface area contributed by atoms with Crippen LogP contribution in [0.1, 0.15) is 0 Å². The topological polar surface area (TPSA) is 343 Å². The van der Waals surface area contributed by atoms with E-state index >= 15 is 0 Å².